The number of nitrogens with zero attached hydrogens (tertiary/aromatic N) is 2. The van der Waals surface area contributed by atoms with Crippen LogP contribution < -0.4 is 0 Å². The summed E-state index contributed by atoms with van der Waals surface area (Å²) in [6, 6.07) is 11.9. The molecule has 0 N–H and O–H groups in total. The van der Waals surface area contributed by atoms with Gasteiger partial charge in [0, 0.05) is 21.2 Å². The highest BCUT2D eigenvalue weighted by Crippen LogP contribution is 2.42. The summed E-state index contributed by atoms with van der Waals surface area (Å²) in [7, 11) is 0. The second kappa shape index (κ2) is 10.5. The van der Waals surface area contributed by atoms with Crippen LogP contribution in [0.3, 0.4) is 0 Å². The summed E-state index contributed by atoms with van der Waals surface area (Å²) in [5.74, 6) is -2.81. The number of rotatable bonds is 8. The van der Waals surface area contributed by atoms with Crippen LogP contribution in [0.1, 0.15) is 73.1 Å². The molecule has 0 bridgehead atoms. The van der Waals surface area contributed by atoms with Gasteiger partial charge in [0.2, 0.25) is 0 Å². The molecule has 3 rings (SSSR count). The number of amides is 4. The zero-order chi connectivity index (χ0) is 24.2. The van der Waals surface area contributed by atoms with E-state index in [4.69, 9.17) is 23.2 Å². The van der Waals surface area contributed by atoms with Gasteiger partial charge in [0.25, 0.3) is 23.6 Å². The Hall–Kier alpha value is -2.70. The van der Waals surface area contributed by atoms with E-state index in [0.29, 0.717) is 32.9 Å². The van der Waals surface area contributed by atoms with Gasteiger partial charge in [-0.2, -0.15) is 10.0 Å². The van der Waals surface area contributed by atoms with E-state index in [1.165, 1.54) is 48.5 Å². The van der Waals surface area contributed by atoms with Crippen molar-refractivity contribution < 1.29 is 19.2 Å². The van der Waals surface area contributed by atoms with Gasteiger partial charge in [-0.05, 0) is 61.4 Å². The quantitative estimate of drug-likeness (QED) is 0.341. The largest absolute Gasteiger partial charge is 0.280 e. The average Bonchev–Trinajstić information content (AvgIpc) is 3.03. The molecule has 0 atom stereocenters. The van der Waals surface area contributed by atoms with Gasteiger partial charge in [0.1, 0.15) is 5.41 Å². The third kappa shape index (κ3) is 4.82. The molecule has 174 valence electrons. The summed E-state index contributed by atoms with van der Waals surface area (Å²) in [5, 5.41) is 2.27. The van der Waals surface area contributed by atoms with Gasteiger partial charge < -0.3 is 0 Å². The SMILES string of the molecule is CCCCC1(CCCC)C(=O)N(C(=O)c2ccc(Cl)cc2)N(C(=O)c2ccc(Cl)cc2)C1=O. The Bertz CT molecular complexity index is 966. The Morgan fingerprint density at radius 3 is 1.33 bits per heavy atom. The second-order valence-electron chi connectivity index (χ2n) is 8.15. The first-order chi connectivity index (χ1) is 15.8. The lowest BCUT2D eigenvalue weighted by Crippen LogP contribution is -2.48. The molecule has 1 heterocycles. The smallest absolute Gasteiger partial charge is 0.271 e. The fourth-order valence-corrected chi connectivity index (χ4v) is 4.24. The zero-order valence-corrected chi connectivity index (χ0v) is 20.2. The molecule has 8 heteroatoms. The third-order valence-electron chi connectivity index (χ3n) is 5.88. The summed E-state index contributed by atoms with van der Waals surface area (Å²) < 4.78 is 0. The van der Waals surface area contributed by atoms with Crippen molar-refractivity contribution >= 4 is 46.8 Å². The summed E-state index contributed by atoms with van der Waals surface area (Å²) in [6.45, 7) is 3.93. The Morgan fingerprint density at radius 2 is 1.03 bits per heavy atom. The van der Waals surface area contributed by atoms with Crippen LogP contribution in [0, 0.1) is 5.41 Å². The maximum Gasteiger partial charge on any atom is 0.280 e. The molecule has 1 aliphatic rings. The molecule has 0 saturated carbocycles. The van der Waals surface area contributed by atoms with Gasteiger partial charge in [-0.25, -0.2) is 0 Å². The van der Waals surface area contributed by atoms with Crippen LogP contribution in [0.25, 0.3) is 0 Å². The minimum absolute atomic E-state index is 0.149. The van der Waals surface area contributed by atoms with Gasteiger partial charge in [-0.1, -0.05) is 62.7 Å². The number of imide groups is 2. The van der Waals surface area contributed by atoms with Crippen molar-refractivity contribution in [1.82, 2.24) is 10.0 Å². The van der Waals surface area contributed by atoms with Crippen molar-refractivity contribution in [3.63, 3.8) is 0 Å². The van der Waals surface area contributed by atoms with Gasteiger partial charge in [-0.3, -0.25) is 19.2 Å². The maximum atomic E-state index is 13.8. The third-order valence-corrected chi connectivity index (χ3v) is 6.39. The van der Waals surface area contributed by atoms with Crippen LogP contribution in [-0.2, 0) is 9.59 Å². The van der Waals surface area contributed by atoms with Crippen molar-refractivity contribution in [2.24, 2.45) is 5.41 Å². The second-order valence-corrected chi connectivity index (χ2v) is 9.02. The molecule has 1 aliphatic heterocycles. The zero-order valence-electron chi connectivity index (χ0n) is 18.6. The molecule has 4 amide bonds. The molecular formula is C25H26Cl2N2O4. The van der Waals surface area contributed by atoms with E-state index in [1.54, 1.807) is 0 Å². The van der Waals surface area contributed by atoms with Crippen LogP contribution in [0.4, 0.5) is 0 Å². The Morgan fingerprint density at radius 1 is 0.697 bits per heavy atom. The van der Waals surface area contributed by atoms with Gasteiger partial charge in [-0.15, -0.1) is 0 Å². The Labute approximate surface area is 203 Å². The molecule has 1 saturated heterocycles. The highest BCUT2D eigenvalue weighted by molar-refractivity contribution is 6.31. The van der Waals surface area contributed by atoms with Gasteiger partial charge in [0.05, 0.1) is 0 Å². The van der Waals surface area contributed by atoms with Gasteiger partial charge in [0.15, 0.2) is 0 Å². The molecule has 0 radical (unpaired) electrons. The minimum atomic E-state index is -1.45. The van der Waals surface area contributed by atoms with E-state index < -0.39 is 29.0 Å². The first kappa shape index (κ1) is 24.9. The topological polar surface area (TPSA) is 74.8 Å². The van der Waals surface area contributed by atoms with E-state index >= 15 is 0 Å². The van der Waals surface area contributed by atoms with Crippen LogP contribution in [0.15, 0.2) is 48.5 Å². The number of halogens is 2. The van der Waals surface area contributed by atoms with Crippen LogP contribution in [0.2, 0.25) is 10.0 Å². The highest BCUT2D eigenvalue weighted by Gasteiger charge is 2.61. The summed E-state index contributed by atoms with van der Waals surface area (Å²) in [6.07, 6.45) is 3.32. The van der Waals surface area contributed by atoms with E-state index in [2.05, 4.69) is 0 Å². The normalized spacial score (nSPS) is 15.3. The molecule has 0 unspecified atom stereocenters. The first-order valence-corrected chi connectivity index (χ1v) is 11.8. The number of hydrogen-bond donors (Lipinski definition) is 0. The molecule has 1 fully saturated rings. The summed E-state index contributed by atoms with van der Waals surface area (Å²) >= 11 is 11.9. The molecule has 2 aromatic carbocycles. The minimum Gasteiger partial charge on any atom is -0.271 e. The number of benzene rings is 2. The average molecular weight is 489 g/mol. The monoisotopic (exact) mass is 488 g/mol. The number of hydrogen-bond acceptors (Lipinski definition) is 4. The lowest BCUT2D eigenvalue weighted by molar-refractivity contribution is -0.139. The van der Waals surface area contributed by atoms with Crippen LogP contribution in [-0.4, -0.2) is 33.6 Å². The standard InChI is InChI=1S/C25H26Cl2N2O4/c1-3-5-15-25(16-6-4-2)23(32)28(21(30)17-7-11-19(26)12-8-17)29(24(25)33)22(31)18-9-13-20(27)14-10-18/h7-14H,3-6,15-16H2,1-2H3. The molecule has 0 aliphatic carbocycles. The predicted octanol–water partition coefficient (Wildman–Crippen LogP) is 5.93. The molecular weight excluding hydrogens is 463 g/mol. The lowest BCUT2D eigenvalue weighted by atomic mass is 9.77. The highest BCUT2D eigenvalue weighted by atomic mass is 35.5. The van der Waals surface area contributed by atoms with E-state index in [9.17, 15) is 19.2 Å². The van der Waals surface area contributed by atoms with Gasteiger partial charge >= 0.3 is 0 Å². The van der Waals surface area contributed by atoms with Crippen molar-refractivity contribution in [2.75, 3.05) is 0 Å². The molecule has 33 heavy (non-hydrogen) atoms. The molecule has 0 aromatic heterocycles. The molecule has 2 aromatic rings. The van der Waals surface area contributed by atoms with Crippen LogP contribution >= 0.6 is 23.2 Å². The van der Waals surface area contributed by atoms with E-state index in [-0.39, 0.29) is 24.0 Å². The fraction of sp³-hybridized carbons (Fsp3) is 0.360. The Balaban J connectivity index is 2.12. The fourth-order valence-electron chi connectivity index (χ4n) is 3.98. The first-order valence-electron chi connectivity index (χ1n) is 11.1. The van der Waals surface area contributed by atoms with E-state index in [0.717, 1.165) is 12.8 Å². The van der Waals surface area contributed by atoms with E-state index in [1.807, 2.05) is 13.8 Å². The van der Waals surface area contributed by atoms with Crippen molar-refractivity contribution in [2.45, 2.75) is 52.4 Å². The van der Waals surface area contributed by atoms with Crippen LogP contribution in [0.5, 0.6) is 0 Å². The molecule has 0 spiro atoms. The number of carbonyl (C=O) groups excluding carboxylic acids is 4. The maximum absolute atomic E-state index is 13.8. The molecule has 6 nitrogen and oxygen atoms in total. The predicted molar refractivity (Wildman–Crippen MR) is 127 cm³/mol. The number of unbranched alkanes of at least 4 members (excludes halogenated alkanes) is 2. The lowest BCUT2D eigenvalue weighted by Gasteiger charge is -2.24. The number of carbonyl (C=O) groups is 4. The summed E-state index contributed by atoms with van der Waals surface area (Å²) in [4.78, 5) is 54.4. The van der Waals surface area contributed by atoms with Crippen molar-refractivity contribution in [1.29, 1.82) is 0 Å². The Kier molecular flexibility index (Phi) is 7.92. The summed E-state index contributed by atoms with van der Waals surface area (Å²) in [5.41, 5.74) is -1.15. The van der Waals surface area contributed by atoms with Crippen molar-refractivity contribution in [3.8, 4) is 0 Å². The van der Waals surface area contributed by atoms with Crippen molar-refractivity contribution in [3.05, 3.63) is 69.7 Å². The number of hydrazine groups is 1.